The van der Waals surface area contributed by atoms with Gasteiger partial charge in [-0.3, -0.25) is 14.4 Å². The lowest BCUT2D eigenvalue weighted by Gasteiger charge is -2.24. The monoisotopic (exact) mass is 458 g/mol. The fourth-order valence-corrected chi connectivity index (χ4v) is 5.24. The number of carbonyl (C=O) groups excluding carboxylic acids is 3. The number of amides is 2. The molecule has 0 radical (unpaired) electrons. The number of thiazole rings is 1. The summed E-state index contributed by atoms with van der Waals surface area (Å²) in [6.45, 7) is 7.13. The minimum atomic E-state index is -0.804. The van der Waals surface area contributed by atoms with Gasteiger partial charge in [0, 0.05) is 19.0 Å². The number of ketones is 1. The van der Waals surface area contributed by atoms with Crippen LogP contribution in [-0.2, 0) is 14.3 Å². The number of benzene rings is 1. The smallest absolute Gasteiger partial charge is 0.237 e. The van der Waals surface area contributed by atoms with Gasteiger partial charge in [0.15, 0.2) is 5.01 Å². The van der Waals surface area contributed by atoms with E-state index in [1.165, 1.54) is 11.3 Å². The highest BCUT2D eigenvalue weighted by atomic mass is 32.1. The maximum absolute atomic E-state index is 13.4. The van der Waals surface area contributed by atoms with E-state index in [1.54, 1.807) is 0 Å². The largest absolute Gasteiger partial charge is 0.371 e. The maximum Gasteiger partial charge on any atom is 0.237 e. The standard InChI is InChI=1S/C23H30N4O4S/c1-23(2,3)31-14-11-17(25-12-14)21(30)26-16(10-13-8-9-24-20(13)29)19(28)22-27-15-6-4-5-7-18(15)32-22/h4-7,13-14,16-17,25H,8-12H2,1-3H3,(H,24,29)(H,26,30)/t13-,14?,16-,17-/m0/s1. The third-order valence-corrected chi connectivity index (χ3v) is 6.80. The molecule has 9 heteroatoms. The fourth-order valence-electron chi connectivity index (χ4n) is 4.28. The first-order valence-electron chi connectivity index (χ1n) is 11.1. The summed E-state index contributed by atoms with van der Waals surface area (Å²) in [5.74, 6) is -0.867. The topological polar surface area (TPSA) is 109 Å². The number of aromatic nitrogens is 1. The minimum absolute atomic E-state index is 0.0650. The summed E-state index contributed by atoms with van der Waals surface area (Å²) in [7, 11) is 0. The number of carbonyl (C=O) groups is 3. The van der Waals surface area contributed by atoms with E-state index in [4.69, 9.17) is 4.74 Å². The lowest BCUT2D eigenvalue weighted by atomic mass is 9.95. The van der Waals surface area contributed by atoms with Gasteiger partial charge in [-0.2, -0.15) is 0 Å². The molecular weight excluding hydrogens is 428 g/mol. The van der Waals surface area contributed by atoms with E-state index >= 15 is 0 Å². The first kappa shape index (κ1) is 22.8. The highest BCUT2D eigenvalue weighted by Gasteiger charge is 2.37. The number of Topliss-reactive ketones (excluding diaryl/α,β-unsaturated/α-hetero) is 1. The molecule has 3 N–H and O–H groups in total. The van der Waals surface area contributed by atoms with Crippen molar-refractivity contribution in [2.75, 3.05) is 13.1 Å². The molecule has 3 heterocycles. The Kier molecular flexibility index (Phi) is 6.60. The molecule has 172 valence electrons. The number of nitrogens with one attached hydrogen (secondary N) is 3. The molecule has 2 fully saturated rings. The van der Waals surface area contributed by atoms with Gasteiger partial charge in [0.05, 0.1) is 34.0 Å². The molecule has 1 unspecified atom stereocenters. The highest BCUT2D eigenvalue weighted by molar-refractivity contribution is 7.20. The van der Waals surface area contributed by atoms with E-state index in [9.17, 15) is 14.4 Å². The van der Waals surface area contributed by atoms with Crippen molar-refractivity contribution in [1.82, 2.24) is 20.9 Å². The third-order valence-electron chi connectivity index (χ3n) is 5.75. The number of hydrogen-bond acceptors (Lipinski definition) is 7. The molecule has 2 aliphatic heterocycles. The predicted octanol–water partition coefficient (Wildman–Crippen LogP) is 2.04. The summed E-state index contributed by atoms with van der Waals surface area (Å²) >= 11 is 1.31. The van der Waals surface area contributed by atoms with E-state index in [1.807, 2.05) is 45.0 Å². The molecule has 0 spiro atoms. The van der Waals surface area contributed by atoms with Gasteiger partial charge in [-0.1, -0.05) is 12.1 Å². The van der Waals surface area contributed by atoms with E-state index in [-0.39, 0.29) is 41.6 Å². The minimum Gasteiger partial charge on any atom is -0.371 e. The number of rotatable bonds is 7. The van der Waals surface area contributed by atoms with Crippen molar-refractivity contribution < 1.29 is 19.1 Å². The van der Waals surface area contributed by atoms with Crippen LogP contribution in [0.3, 0.4) is 0 Å². The van der Waals surface area contributed by atoms with E-state index in [0.717, 1.165) is 10.2 Å². The number of fused-ring (bicyclic) bond motifs is 1. The Labute approximate surface area is 191 Å². The Morgan fingerprint density at radius 3 is 2.78 bits per heavy atom. The molecule has 0 bridgehead atoms. The summed E-state index contributed by atoms with van der Waals surface area (Å²) < 4.78 is 6.90. The molecule has 2 aliphatic rings. The first-order valence-corrected chi connectivity index (χ1v) is 11.9. The van der Waals surface area contributed by atoms with Crippen molar-refractivity contribution in [1.29, 1.82) is 0 Å². The van der Waals surface area contributed by atoms with Gasteiger partial charge in [-0.25, -0.2) is 4.98 Å². The summed E-state index contributed by atoms with van der Waals surface area (Å²) in [5.41, 5.74) is 0.461. The van der Waals surface area contributed by atoms with Crippen LogP contribution in [-0.4, -0.2) is 59.5 Å². The zero-order valence-corrected chi connectivity index (χ0v) is 19.5. The second kappa shape index (κ2) is 9.25. The molecule has 1 aromatic heterocycles. The van der Waals surface area contributed by atoms with Crippen LogP contribution < -0.4 is 16.0 Å². The maximum atomic E-state index is 13.4. The Bertz CT molecular complexity index is 982. The van der Waals surface area contributed by atoms with Crippen molar-refractivity contribution in [3.63, 3.8) is 0 Å². The summed E-state index contributed by atoms with van der Waals surface area (Å²) in [6, 6.07) is 6.31. The zero-order valence-electron chi connectivity index (χ0n) is 18.6. The van der Waals surface area contributed by atoms with Crippen molar-refractivity contribution in [2.24, 2.45) is 5.92 Å². The van der Waals surface area contributed by atoms with Gasteiger partial charge in [-0.05, 0) is 52.2 Å². The van der Waals surface area contributed by atoms with Gasteiger partial charge < -0.3 is 20.7 Å². The summed E-state index contributed by atoms with van der Waals surface area (Å²) in [5, 5.41) is 9.27. The molecule has 4 rings (SSSR count). The Morgan fingerprint density at radius 1 is 1.31 bits per heavy atom. The Balaban J connectivity index is 1.48. The number of nitrogens with zero attached hydrogens (tertiary/aromatic N) is 1. The number of hydrogen-bond donors (Lipinski definition) is 3. The van der Waals surface area contributed by atoms with E-state index < -0.39 is 12.1 Å². The van der Waals surface area contributed by atoms with Crippen LogP contribution in [0.2, 0.25) is 0 Å². The molecule has 2 saturated heterocycles. The van der Waals surface area contributed by atoms with Gasteiger partial charge in [-0.15, -0.1) is 11.3 Å². The first-order chi connectivity index (χ1) is 15.2. The van der Waals surface area contributed by atoms with Crippen LogP contribution in [0.25, 0.3) is 10.2 Å². The summed E-state index contributed by atoms with van der Waals surface area (Å²) in [6.07, 6.45) is 1.39. The Hall–Kier alpha value is -2.36. The number of para-hydroxylation sites is 1. The van der Waals surface area contributed by atoms with Crippen LogP contribution in [0, 0.1) is 5.92 Å². The normalized spacial score (nSPS) is 24.5. The quantitative estimate of drug-likeness (QED) is 0.548. The molecule has 2 aromatic rings. The van der Waals surface area contributed by atoms with Gasteiger partial charge in [0.1, 0.15) is 0 Å². The molecule has 32 heavy (non-hydrogen) atoms. The lowest BCUT2D eigenvalue weighted by molar-refractivity contribution is -0.125. The van der Waals surface area contributed by atoms with Crippen molar-refractivity contribution >= 4 is 39.2 Å². The van der Waals surface area contributed by atoms with Gasteiger partial charge >= 0.3 is 0 Å². The van der Waals surface area contributed by atoms with Crippen LogP contribution in [0.15, 0.2) is 24.3 Å². The second-order valence-corrected chi connectivity index (χ2v) is 10.5. The van der Waals surface area contributed by atoms with Crippen LogP contribution in [0.4, 0.5) is 0 Å². The Morgan fingerprint density at radius 2 is 2.09 bits per heavy atom. The zero-order chi connectivity index (χ0) is 22.9. The SMILES string of the molecule is CC(C)(C)OC1CN[C@H](C(=O)N[C@@H](C[C@@H]2CCNC2=O)C(=O)c2nc3ccccc3s2)C1. The second-order valence-electron chi connectivity index (χ2n) is 9.47. The molecule has 2 amide bonds. The molecule has 0 aliphatic carbocycles. The van der Waals surface area contributed by atoms with E-state index in [0.29, 0.717) is 30.9 Å². The van der Waals surface area contributed by atoms with E-state index in [2.05, 4.69) is 20.9 Å². The van der Waals surface area contributed by atoms with Crippen LogP contribution in [0.5, 0.6) is 0 Å². The van der Waals surface area contributed by atoms with Crippen LogP contribution in [0.1, 0.15) is 49.8 Å². The van der Waals surface area contributed by atoms with Crippen molar-refractivity contribution in [2.45, 2.75) is 63.8 Å². The summed E-state index contributed by atoms with van der Waals surface area (Å²) in [4.78, 5) is 43.0. The van der Waals surface area contributed by atoms with Crippen molar-refractivity contribution in [3.05, 3.63) is 29.3 Å². The molecule has 4 atom stereocenters. The lowest BCUT2D eigenvalue weighted by Crippen LogP contribution is -2.49. The molecule has 1 aromatic carbocycles. The predicted molar refractivity (Wildman–Crippen MR) is 123 cm³/mol. The molecule has 0 saturated carbocycles. The van der Waals surface area contributed by atoms with Crippen molar-refractivity contribution in [3.8, 4) is 0 Å². The molecule has 8 nitrogen and oxygen atoms in total. The fraction of sp³-hybridized carbons (Fsp3) is 0.565. The third kappa shape index (κ3) is 5.33. The average Bonchev–Trinajstić information content (AvgIpc) is 3.45. The average molecular weight is 459 g/mol. The van der Waals surface area contributed by atoms with Gasteiger partial charge in [0.25, 0.3) is 0 Å². The van der Waals surface area contributed by atoms with Crippen LogP contribution >= 0.6 is 11.3 Å². The van der Waals surface area contributed by atoms with Gasteiger partial charge in [0.2, 0.25) is 17.6 Å². The highest BCUT2D eigenvalue weighted by Crippen LogP contribution is 2.25. The molecular formula is C23H30N4O4S. The number of ether oxygens (including phenoxy) is 1.